The van der Waals surface area contributed by atoms with Crippen LogP contribution >= 0.6 is 15.9 Å². The van der Waals surface area contributed by atoms with E-state index in [4.69, 9.17) is 0 Å². The van der Waals surface area contributed by atoms with Gasteiger partial charge in [0.05, 0.1) is 0 Å². The molecule has 4 heteroatoms. The van der Waals surface area contributed by atoms with Gasteiger partial charge in [-0.3, -0.25) is 4.79 Å². The molecule has 1 saturated heterocycles. The van der Waals surface area contributed by atoms with Gasteiger partial charge in [-0.2, -0.15) is 0 Å². The van der Waals surface area contributed by atoms with Crippen LogP contribution in [0, 0.1) is 5.92 Å². The zero-order valence-electron chi connectivity index (χ0n) is 15.2. The van der Waals surface area contributed by atoms with Crippen LogP contribution in [0.3, 0.4) is 0 Å². The summed E-state index contributed by atoms with van der Waals surface area (Å²) in [6.07, 6.45) is 3.49. The predicted octanol–water partition coefficient (Wildman–Crippen LogP) is 4.81. The topological polar surface area (TPSA) is 23.6 Å². The quantitative estimate of drug-likeness (QED) is 0.702. The first-order chi connectivity index (χ1) is 12.6. The molecule has 26 heavy (non-hydrogen) atoms. The highest BCUT2D eigenvalue weighted by molar-refractivity contribution is 9.10. The lowest BCUT2D eigenvalue weighted by atomic mass is 10.1. The molecule has 2 aromatic rings. The Hall–Kier alpha value is -1.81. The summed E-state index contributed by atoms with van der Waals surface area (Å²) in [7, 11) is 1.94. The maximum absolute atomic E-state index is 12.9. The SMILES string of the molecule is CN(Cc1ccccc1N1CCCC1)C(=O)C1CC1c1cccc(Br)c1. The summed E-state index contributed by atoms with van der Waals surface area (Å²) in [6, 6.07) is 16.9. The van der Waals surface area contributed by atoms with Crippen molar-refractivity contribution in [1.82, 2.24) is 4.90 Å². The number of carbonyl (C=O) groups excluding carboxylic acids is 1. The number of nitrogens with zero attached hydrogens (tertiary/aromatic N) is 2. The molecule has 2 fully saturated rings. The third kappa shape index (κ3) is 3.66. The third-order valence-corrected chi connectivity index (χ3v) is 6.10. The van der Waals surface area contributed by atoms with Crippen LogP contribution in [0.4, 0.5) is 5.69 Å². The summed E-state index contributed by atoms with van der Waals surface area (Å²) in [5.74, 6) is 0.774. The van der Waals surface area contributed by atoms with Crippen molar-refractivity contribution in [1.29, 1.82) is 0 Å². The average molecular weight is 413 g/mol. The monoisotopic (exact) mass is 412 g/mol. The maximum atomic E-state index is 12.9. The van der Waals surface area contributed by atoms with E-state index in [2.05, 4.69) is 63.3 Å². The first-order valence-electron chi connectivity index (χ1n) is 9.47. The number of benzene rings is 2. The van der Waals surface area contributed by atoms with Crippen molar-refractivity contribution in [2.24, 2.45) is 5.92 Å². The number of para-hydroxylation sites is 1. The van der Waals surface area contributed by atoms with E-state index >= 15 is 0 Å². The Morgan fingerprint density at radius 2 is 1.92 bits per heavy atom. The van der Waals surface area contributed by atoms with E-state index in [1.165, 1.54) is 29.7 Å². The van der Waals surface area contributed by atoms with E-state index in [-0.39, 0.29) is 11.8 Å². The Morgan fingerprint density at radius 1 is 1.15 bits per heavy atom. The molecule has 0 N–H and O–H groups in total. The third-order valence-electron chi connectivity index (χ3n) is 5.61. The molecular weight excluding hydrogens is 388 g/mol. The maximum Gasteiger partial charge on any atom is 0.226 e. The van der Waals surface area contributed by atoms with Gasteiger partial charge in [0.25, 0.3) is 0 Å². The van der Waals surface area contributed by atoms with Gasteiger partial charge in [0.1, 0.15) is 0 Å². The van der Waals surface area contributed by atoms with Crippen molar-refractivity contribution in [3.8, 4) is 0 Å². The van der Waals surface area contributed by atoms with Crippen LogP contribution in [0.5, 0.6) is 0 Å². The summed E-state index contributed by atoms with van der Waals surface area (Å²) in [5, 5.41) is 0. The van der Waals surface area contributed by atoms with E-state index in [1.54, 1.807) is 0 Å². The Bertz CT molecular complexity index is 800. The number of anilines is 1. The fourth-order valence-electron chi connectivity index (χ4n) is 4.10. The van der Waals surface area contributed by atoms with Gasteiger partial charge in [-0.15, -0.1) is 0 Å². The van der Waals surface area contributed by atoms with Gasteiger partial charge < -0.3 is 9.80 Å². The van der Waals surface area contributed by atoms with E-state index < -0.39 is 0 Å². The van der Waals surface area contributed by atoms with Gasteiger partial charge in [-0.25, -0.2) is 0 Å². The number of hydrogen-bond acceptors (Lipinski definition) is 2. The number of rotatable bonds is 5. The van der Waals surface area contributed by atoms with Gasteiger partial charge in [-0.1, -0.05) is 46.3 Å². The molecule has 0 bridgehead atoms. The molecule has 136 valence electrons. The Kier molecular flexibility index (Phi) is 5.03. The van der Waals surface area contributed by atoms with Crippen molar-refractivity contribution < 1.29 is 4.79 Å². The normalized spacial score (nSPS) is 21.7. The van der Waals surface area contributed by atoms with Crippen LogP contribution in [-0.2, 0) is 11.3 Å². The van der Waals surface area contributed by atoms with Gasteiger partial charge in [0, 0.05) is 42.8 Å². The molecule has 0 aromatic heterocycles. The lowest BCUT2D eigenvalue weighted by molar-refractivity contribution is -0.131. The minimum atomic E-state index is 0.133. The summed E-state index contributed by atoms with van der Waals surface area (Å²) < 4.78 is 1.08. The van der Waals surface area contributed by atoms with Crippen molar-refractivity contribution in [2.45, 2.75) is 31.7 Å². The standard InChI is InChI=1S/C22H25BrN2O/c1-24(15-17-7-2-3-10-21(17)25-11-4-5-12-25)22(26)20-14-19(20)16-8-6-9-18(23)13-16/h2-3,6-10,13,19-20H,4-5,11-12,14-15H2,1H3. The van der Waals surface area contributed by atoms with Crippen molar-refractivity contribution in [2.75, 3.05) is 25.0 Å². The van der Waals surface area contributed by atoms with Crippen LogP contribution in [0.1, 0.15) is 36.3 Å². The second-order valence-corrected chi connectivity index (χ2v) is 8.44. The molecule has 0 spiro atoms. The smallest absolute Gasteiger partial charge is 0.226 e. The summed E-state index contributed by atoms with van der Waals surface area (Å²) >= 11 is 3.53. The molecular formula is C22H25BrN2O. The molecule has 2 aromatic carbocycles. The molecule has 1 aliphatic heterocycles. The van der Waals surface area contributed by atoms with Crippen LogP contribution in [0.15, 0.2) is 53.0 Å². The van der Waals surface area contributed by atoms with Gasteiger partial charge >= 0.3 is 0 Å². The van der Waals surface area contributed by atoms with Crippen molar-refractivity contribution >= 4 is 27.5 Å². The summed E-state index contributed by atoms with van der Waals surface area (Å²) in [4.78, 5) is 17.3. The minimum Gasteiger partial charge on any atom is -0.371 e. The second-order valence-electron chi connectivity index (χ2n) is 7.52. The Morgan fingerprint density at radius 3 is 2.69 bits per heavy atom. The molecule has 2 unspecified atom stereocenters. The largest absolute Gasteiger partial charge is 0.371 e. The van der Waals surface area contributed by atoms with E-state index in [0.717, 1.165) is 24.0 Å². The Labute approximate surface area is 164 Å². The molecule has 2 aliphatic rings. The Balaban J connectivity index is 1.43. The van der Waals surface area contributed by atoms with Crippen LogP contribution in [-0.4, -0.2) is 30.9 Å². The molecule has 4 rings (SSSR count). The first-order valence-corrected chi connectivity index (χ1v) is 10.3. The fraction of sp³-hybridized carbons (Fsp3) is 0.409. The first kappa shape index (κ1) is 17.6. The average Bonchev–Trinajstić information content (AvgIpc) is 3.26. The highest BCUT2D eigenvalue weighted by Gasteiger charge is 2.45. The lowest BCUT2D eigenvalue weighted by Gasteiger charge is -2.24. The molecule has 0 radical (unpaired) electrons. The van der Waals surface area contributed by atoms with E-state index in [0.29, 0.717) is 12.5 Å². The minimum absolute atomic E-state index is 0.133. The van der Waals surface area contributed by atoms with E-state index in [1.807, 2.05) is 18.0 Å². The number of amides is 1. The zero-order chi connectivity index (χ0) is 18.1. The summed E-state index contributed by atoms with van der Waals surface area (Å²) in [6.45, 7) is 2.94. The highest BCUT2D eigenvalue weighted by Crippen LogP contribution is 2.49. The zero-order valence-corrected chi connectivity index (χ0v) is 16.8. The second kappa shape index (κ2) is 7.43. The molecule has 3 nitrogen and oxygen atoms in total. The highest BCUT2D eigenvalue weighted by atomic mass is 79.9. The van der Waals surface area contributed by atoms with Crippen LogP contribution in [0.25, 0.3) is 0 Å². The van der Waals surface area contributed by atoms with Gasteiger partial charge in [0.2, 0.25) is 5.91 Å². The van der Waals surface area contributed by atoms with E-state index in [9.17, 15) is 4.79 Å². The number of carbonyl (C=O) groups is 1. The van der Waals surface area contributed by atoms with Crippen LogP contribution < -0.4 is 4.90 Å². The number of halogens is 1. The molecule has 1 saturated carbocycles. The molecule has 1 aliphatic carbocycles. The fourth-order valence-corrected chi connectivity index (χ4v) is 4.52. The number of hydrogen-bond donors (Lipinski definition) is 0. The predicted molar refractivity (Wildman–Crippen MR) is 109 cm³/mol. The molecule has 2 atom stereocenters. The van der Waals surface area contributed by atoms with Crippen molar-refractivity contribution in [3.63, 3.8) is 0 Å². The van der Waals surface area contributed by atoms with Gasteiger partial charge in [0.15, 0.2) is 0 Å². The van der Waals surface area contributed by atoms with Crippen LogP contribution in [0.2, 0.25) is 0 Å². The molecule has 1 heterocycles. The van der Waals surface area contributed by atoms with Crippen molar-refractivity contribution in [3.05, 3.63) is 64.1 Å². The molecule has 1 amide bonds. The summed E-state index contributed by atoms with van der Waals surface area (Å²) in [5.41, 5.74) is 3.82. The van der Waals surface area contributed by atoms with Gasteiger partial charge in [-0.05, 0) is 54.5 Å². The lowest BCUT2D eigenvalue weighted by Crippen LogP contribution is -2.29.